The third-order valence-electron chi connectivity index (χ3n) is 3.35. The Morgan fingerprint density at radius 1 is 1.20 bits per heavy atom. The van der Waals surface area contributed by atoms with Crippen LogP contribution in [0.15, 0.2) is 48.5 Å². The van der Waals surface area contributed by atoms with Gasteiger partial charge in [-0.25, -0.2) is 0 Å². The minimum absolute atomic E-state index is 0.120. The van der Waals surface area contributed by atoms with Crippen LogP contribution in [-0.4, -0.2) is 12.9 Å². The Labute approximate surface area is 133 Å². The maximum absolute atomic E-state index is 12.8. The number of Topliss-reactive ketones (excluding diaryl/α,β-unsaturated/α-hetero) is 1. The summed E-state index contributed by atoms with van der Waals surface area (Å²) in [6.07, 6.45) is 0.775. The van der Waals surface area contributed by atoms with Crippen LogP contribution in [-0.2, 0) is 0 Å². The van der Waals surface area contributed by atoms with Crippen molar-refractivity contribution in [3.05, 3.63) is 63.2 Å². The number of rotatable bonds is 5. The molecule has 2 aromatic rings. The second-order valence-corrected chi connectivity index (χ2v) is 5.83. The van der Waals surface area contributed by atoms with Crippen molar-refractivity contribution in [2.45, 2.75) is 19.3 Å². The van der Waals surface area contributed by atoms with Gasteiger partial charge in [-0.2, -0.15) is 0 Å². The molecule has 2 rings (SSSR count). The summed E-state index contributed by atoms with van der Waals surface area (Å²) < 4.78 is 6.36. The van der Waals surface area contributed by atoms with E-state index in [2.05, 4.69) is 22.6 Å². The molecule has 0 saturated heterocycles. The van der Waals surface area contributed by atoms with Gasteiger partial charge in [-0.3, -0.25) is 4.79 Å². The molecule has 0 spiro atoms. The average molecular weight is 380 g/mol. The molecule has 0 N–H and O–H groups in total. The summed E-state index contributed by atoms with van der Waals surface area (Å²) in [4.78, 5) is 12.8. The predicted octanol–water partition coefficient (Wildman–Crippen LogP) is 4.68. The Balaban J connectivity index is 2.41. The van der Waals surface area contributed by atoms with Crippen molar-refractivity contribution in [2.24, 2.45) is 0 Å². The Hall–Kier alpha value is -1.36. The number of hydrogen-bond acceptors (Lipinski definition) is 2. The minimum Gasteiger partial charge on any atom is -0.496 e. The highest BCUT2D eigenvalue weighted by Gasteiger charge is 2.23. The van der Waals surface area contributed by atoms with Crippen molar-refractivity contribution in [3.8, 4) is 5.75 Å². The molecule has 0 aliphatic rings. The monoisotopic (exact) mass is 380 g/mol. The molecule has 0 radical (unpaired) electrons. The first-order valence-corrected chi connectivity index (χ1v) is 7.68. The Morgan fingerprint density at radius 3 is 2.50 bits per heavy atom. The highest BCUT2D eigenvalue weighted by molar-refractivity contribution is 14.1. The van der Waals surface area contributed by atoms with Gasteiger partial charge in [0.1, 0.15) is 5.75 Å². The number of carbonyl (C=O) groups excluding carboxylic acids is 1. The van der Waals surface area contributed by atoms with Gasteiger partial charge in [0.25, 0.3) is 0 Å². The zero-order valence-corrected chi connectivity index (χ0v) is 13.8. The molecule has 0 heterocycles. The van der Waals surface area contributed by atoms with Gasteiger partial charge in [0, 0.05) is 9.49 Å². The highest BCUT2D eigenvalue weighted by Crippen LogP contribution is 2.29. The molecule has 2 aromatic carbocycles. The van der Waals surface area contributed by atoms with E-state index in [1.54, 1.807) is 7.11 Å². The Kier molecular flexibility index (Phi) is 5.17. The highest BCUT2D eigenvalue weighted by atomic mass is 127. The van der Waals surface area contributed by atoms with Gasteiger partial charge in [-0.05, 0) is 52.8 Å². The molecule has 1 atom stereocenters. The largest absolute Gasteiger partial charge is 0.496 e. The van der Waals surface area contributed by atoms with Crippen LogP contribution in [0.5, 0.6) is 5.75 Å². The fourth-order valence-electron chi connectivity index (χ4n) is 2.32. The lowest BCUT2D eigenvalue weighted by Crippen LogP contribution is -2.13. The number of methoxy groups -OCH3 is 1. The van der Waals surface area contributed by atoms with E-state index in [4.69, 9.17) is 4.74 Å². The van der Waals surface area contributed by atoms with Crippen LogP contribution in [0.4, 0.5) is 0 Å². The zero-order valence-electron chi connectivity index (χ0n) is 11.6. The van der Waals surface area contributed by atoms with Crippen molar-refractivity contribution < 1.29 is 9.53 Å². The lowest BCUT2D eigenvalue weighted by atomic mass is 9.88. The summed E-state index contributed by atoms with van der Waals surface area (Å²) in [5.74, 6) is 0.641. The van der Waals surface area contributed by atoms with Crippen molar-refractivity contribution >= 4 is 28.4 Å². The number of carbonyl (C=O) groups is 1. The molecule has 20 heavy (non-hydrogen) atoms. The minimum atomic E-state index is -0.122. The molecule has 0 aliphatic heterocycles. The van der Waals surface area contributed by atoms with Crippen LogP contribution in [0, 0.1) is 3.57 Å². The summed E-state index contributed by atoms with van der Waals surface area (Å²) in [6.45, 7) is 2.04. The molecular formula is C17H17IO2. The van der Waals surface area contributed by atoms with Crippen molar-refractivity contribution in [1.82, 2.24) is 0 Å². The second-order valence-electron chi connectivity index (χ2n) is 4.58. The molecule has 0 fully saturated rings. The Morgan fingerprint density at radius 2 is 1.90 bits per heavy atom. The third-order valence-corrected chi connectivity index (χ3v) is 4.02. The molecule has 104 valence electrons. The number of halogens is 1. The standard InChI is InChI=1S/C17H17IO2/c1-3-14(12-7-5-4-6-8-12)17(19)15-11-13(18)9-10-16(15)20-2/h4-11,14H,3H2,1-2H3. The van der Waals surface area contributed by atoms with Crippen molar-refractivity contribution in [2.75, 3.05) is 7.11 Å². The summed E-state index contributed by atoms with van der Waals surface area (Å²) in [5.41, 5.74) is 1.72. The number of ether oxygens (including phenoxy) is 1. The van der Waals surface area contributed by atoms with Crippen LogP contribution < -0.4 is 4.74 Å². The normalized spacial score (nSPS) is 11.9. The SMILES string of the molecule is CCC(C(=O)c1cc(I)ccc1OC)c1ccccc1. The summed E-state index contributed by atoms with van der Waals surface area (Å²) in [5, 5.41) is 0. The molecule has 3 heteroatoms. The van der Waals surface area contributed by atoms with Crippen LogP contribution in [0.1, 0.15) is 35.2 Å². The summed E-state index contributed by atoms with van der Waals surface area (Å²) in [7, 11) is 1.60. The molecule has 0 aromatic heterocycles. The van der Waals surface area contributed by atoms with Crippen molar-refractivity contribution in [3.63, 3.8) is 0 Å². The molecule has 0 saturated carbocycles. The van der Waals surface area contributed by atoms with E-state index in [-0.39, 0.29) is 11.7 Å². The topological polar surface area (TPSA) is 26.3 Å². The van der Waals surface area contributed by atoms with Crippen LogP contribution in [0.2, 0.25) is 0 Å². The maximum Gasteiger partial charge on any atom is 0.174 e. The zero-order chi connectivity index (χ0) is 14.5. The number of ketones is 1. The number of hydrogen-bond donors (Lipinski definition) is 0. The first kappa shape index (κ1) is 15.0. The quantitative estimate of drug-likeness (QED) is 0.556. The number of benzene rings is 2. The summed E-state index contributed by atoms with van der Waals surface area (Å²) >= 11 is 2.21. The first-order valence-electron chi connectivity index (χ1n) is 6.60. The third kappa shape index (κ3) is 3.20. The van der Waals surface area contributed by atoms with Gasteiger partial charge >= 0.3 is 0 Å². The Bertz CT molecular complexity index is 593. The van der Waals surface area contributed by atoms with E-state index in [0.717, 1.165) is 15.6 Å². The van der Waals surface area contributed by atoms with Crippen LogP contribution in [0.3, 0.4) is 0 Å². The summed E-state index contributed by atoms with van der Waals surface area (Å²) in [6, 6.07) is 15.6. The fraction of sp³-hybridized carbons (Fsp3) is 0.235. The molecule has 2 nitrogen and oxygen atoms in total. The molecule has 1 unspecified atom stereocenters. The van der Waals surface area contributed by atoms with E-state index < -0.39 is 0 Å². The lowest BCUT2D eigenvalue weighted by molar-refractivity contribution is 0.0954. The van der Waals surface area contributed by atoms with E-state index in [0.29, 0.717) is 11.3 Å². The van der Waals surface area contributed by atoms with Gasteiger partial charge < -0.3 is 4.74 Å². The van der Waals surface area contributed by atoms with Gasteiger partial charge in [-0.15, -0.1) is 0 Å². The molecular weight excluding hydrogens is 363 g/mol. The first-order chi connectivity index (χ1) is 9.67. The van der Waals surface area contributed by atoms with Crippen LogP contribution in [0.25, 0.3) is 0 Å². The smallest absolute Gasteiger partial charge is 0.174 e. The van der Waals surface area contributed by atoms with Gasteiger partial charge in [0.2, 0.25) is 0 Å². The van der Waals surface area contributed by atoms with E-state index >= 15 is 0 Å². The predicted molar refractivity (Wildman–Crippen MR) is 89.5 cm³/mol. The fourth-order valence-corrected chi connectivity index (χ4v) is 2.81. The van der Waals surface area contributed by atoms with Gasteiger partial charge in [0.15, 0.2) is 5.78 Å². The van der Waals surface area contributed by atoms with Crippen molar-refractivity contribution in [1.29, 1.82) is 0 Å². The van der Waals surface area contributed by atoms with Gasteiger partial charge in [-0.1, -0.05) is 37.3 Å². The molecule has 0 bridgehead atoms. The van der Waals surface area contributed by atoms with Gasteiger partial charge in [0.05, 0.1) is 12.7 Å². The molecule has 0 amide bonds. The molecule has 0 aliphatic carbocycles. The van der Waals surface area contributed by atoms with E-state index in [1.165, 1.54) is 0 Å². The van der Waals surface area contributed by atoms with E-state index in [1.807, 2.05) is 55.5 Å². The second kappa shape index (κ2) is 6.88. The van der Waals surface area contributed by atoms with Crippen LogP contribution >= 0.6 is 22.6 Å². The average Bonchev–Trinajstić information content (AvgIpc) is 2.49. The maximum atomic E-state index is 12.8. The van der Waals surface area contributed by atoms with E-state index in [9.17, 15) is 4.79 Å². The lowest BCUT2D eigenvalue weighted by Gasteiger charge is -2.16.